The molecule has 0 saturated carbocycles. The van der Waals surface area contributed by atoms with Gasteiger partial charge in [0.1, 0.15) is 0 Å². The summed E-state index contributed by atoms with van der Waals surface area (Å²) in [6.07, 6.45) is 0. The Bertz CT molecular complexity index is 399. The summed E-state index contributed by atoms with van der Waals surface area (Å²) in [5.41, 5.74) is 1.68. The first-order valence-electron chi connectivity index (χ1n) is 4.64. The molecule has 16 heavy (non-hydrogen) atoms. The molecular formula is C10H13ClN4S. The van der Waals surface area contributed by atoms with Gasteiger partial charge >= 0.3 is 0 Å². The molecule has 86 valence electrons. The smallest absolute Gasteiger partial charge is 0.199 e. The van der Waals surface area contributed by atoms with Gasteiger partial charge in [-0.3, -0.25) is 5.41 Å². The van der Waals surface area contributed by atoms with E-state index in [1.54, 1.807) is 13.1 Å². The van der Waals surface area contributed by atoms with E-state index in [0.717, 1.165) is 5.56 Å². The average Bonchev–Trinajstić information content (AvgIpc) is 2.23. The summed E-state index contributed by atoms with van der Waals surface area (Å²) in [6, 6.07) is 5.54. The average molecular weight is 257 g/mol. The largest absolute Gasteiger partial charge is 0.365 e. The lowest BCUT2D eigenvalue weighted by molar-refractivity contribution is 1.12. The molecule has 0 unspecified atom stereocenters. The summed E-state index contributed by atoms with van der Waals surface area (Å²) in [6.45, 7) is 1.91. The van der Waals surface area contributed by atoms with Crippen molar-refractivity contribution < 1.29 is 0 Å². The van der Waals surface area contributed by atoms with Crippen LogP contribution in [0.15, 0.2) is 18.2 Å². The molecule has 0 amide bonds. The molecule has 4 N–H and O–H groups in total. The maximum atomic E-state index is 7.64. The molecule has 0 fully saturated rings. The highest BCUT2D eigenvalue weighted by atomic mass is 35.5. The highest BCUT2D eigenvalue weighted by Gasteiger charge is 2.06. The van der Waals surface area contributed by atoms with Gasteiger partial charge in [0.2, 0.25) is 0 Å². The number of guanidine groups is 1. The zero-order valence-electron chi connectivity index (χ0n) is 9.02. The van der Waals surface area contributed by atoms with E-state index in [-0.39, 0.29) is 5.96 Å². The number of halogens is 1. The van der Waals surface area contributed by atoms with E-state index in [1.165, 1.54) is 0 Å². The quantitative estimate of drug-likeness (QED) is 0.353. The van der Waals surface area contributed by atoms with Gasteiger partial charge in [0.05, 0.1) is 10.7 Å². The lowest BCUT2D eigenvalue weighted by Gasteiger charge is -2.13. The van der Waals surface area contributed by atoms with E-state index in [1.807, 2.05) is 19.1 Å². The molecule has 6 heteroatoms. The highest BCUT2D eigenvalue weighted by Crippen LogP contribution is 2.24. The van der Waals surface area contributed by atoms with Crippen LogP contribution in [0.25, 0.3) is 0 Å². The lowest BCUT2D eigenvalue weighted by atomic mass is 10.2. The summed E-state index contributed by atoms with van der Waals surface area (Å²) < 4.78 is 0. The predicted octanol–water partition coefficient (Wildman–Crippen LogP) is 2.09. The first kappa shape index (κ1) is 12.7. The van der Waals surface area contributed by atoms with Crippen molar-refractivity contribution in [2.45, 2.75) is 6.92 Å². The lowest BCUT2D eigenvalue weighted by Crippen LogP contribution is -2.40. The van der Waals surface area contributed by atoms with Crippen molar-refractivity contribution in [3.05, 3.63) is 28.8 Å². The second-order valence-electron chi connectivity index (χ2n) is 3.14. The Morgan fingerprint density at radius 3 is 2.69 bits per heavy atom. The summed E-state index contributed by atoms with van der Waals surface area (Å²) in [5, 5.41) is 16.8. The molecule has 0 spiro atoms. The third-order valence-electron chi connectivity index (χ3n) is 1.94. The van der Waals surface area contributed by atoms with Gasteiger partial charge < -0.3 is 16.0 Å². The Labute approximate surface area is 105 Å². The van der Waals surface area contributed by atoms with Gasteiger partial charge in [-0.25, -0.2) is 0 Å². The van der Waals surface area contributed by atoms with E-state index in [4.69, 9.17) is 29.2 Å². The van der Waals surface area contributed by atoms with E-state index in [9.17, 15) is 0 Å². The molecule has 0 aromatic heterocycles. The van der Waals surface area contributed by atoms with Gasteiger partial charge in [-0.2, -0.15) is 0 Å². The van der Waals surface area contributed by atoms with Crippen LogP contribution in [0, 0.1) is 12.3 Å². The SMILES string of the molecule is CNC(=S)NC(=N)Nc1c(C)cccc1Cl. The number of rotatable bonds is 1. The molecule has 0 bridgehead atoms. The first-order valence-corrected chi connectivity index (χ1v) is 5.42. The summed E-state index contributed by atoms with van der Waals surface area (Å²) in [4.78, 5) is 0. The van der Waals surface area contributed by atoms with Crippen LogP contribution in [0.4, 0.5) is 5.69 Å². The van der Waals surface area contributed by atoms with Gasteiger partial charge in [0, 0.05) is 7.05 Å². The maximum Gasteiger partial charge on any atom is 0.199 e. The molecule has 4 nitrogen and oxygen atoms in total. The predicted molar refractivity (Wildman–Crippen MR) is 72.3 cm³/mol. The van der Waals surface area contributed by atoms with Gasteiger partial charge in [0.25, 0.3) is 0 Å². The standard InChI is InChI=1S/C10H13ClN4S/c1-6-4-3-5-7(11)8(6)14-9(12)15-10(16)13-2/h3-5H,1-2H3,(H4,12,13,14,15,16). The van der Waals surface area contributed by atoms with Crippen molar-refractivity contribution >= 4 is 40.6 Å². The minimum Gasteiger partial charge on any atom is -0.365 e. The second kappa shape index (κ2) is 5.67. The van der Waals surface area contributed by atoms with Crippen LogP contribution in [0.2, 0.25) is 5.02 Å². The fourth-order valence-corrected chi connectivity index (χ4v) is 1.49. The number of thiocarbonyl (C=S) groups is 1. The number of aryl methyl sites for hydroxylation is 1. The number of benzene rings is 1. The second-order valence-corrected chi connectivity index (χ2v) is 3.95. The van der Waals surface area contributed by atoms with E-state index < -0.39 is 0 Å². The summed E-state index contributed by atoms with van der Waals surface area (Å²) in [7, 11) is 1.68. The monoisotopic (exact) mass is 256 g/mol. The Hall–Kier alpha value is -1.33. The Kier molecular flexibility index (Phi) is 4.52. The van der Waals surface area contributed by atoms with Crippen molar-refractivity contribution in [3.8, 4) is 0 Å². The van der Waals surface area contributed by atoms with Crippen molar-refractivity contribution in [3.63, 3.8) is 0 Å². The molecular weight excluding hydrogens is 244 g/mol. The van der Waals surface area contributed by atoms with E-state index in [2.05, 4.69) is 16.0 Å². The minimum atomic E-state index is 0.0792. The van der Waals surface area contributed by atoms with Crippen molar-refractivity contribution in [1.29, 1.82) is 5.41 Å². The van der Waals surface area contributed by atoms with Crippen LogP contribution in [0.1, 0.15) is 5.56 Å². The molecule has 0 radical (unpaired) electrons. The molecule has 1 aromatic rings. The highest BCUT2D eigenvalue weighted by molar-refractivity contribution is 7.80. The molecule has 0 aliphatic heterocycles. The van der Waals surface area contributed by atoms with Crippen LogP contribution < -0.4 is 16.0 Å². The van der Waals surface area contributed by atoms with Crippen LogP contribution in [0.3, 0.4) is 0 Å². The topological polar surface area (TPSA) is 59.9 Å². The van der Waals surface area contributed by atoms with E-state index in [0.29, 0.717) is 15.8 Å². The Balaban J connectivity index is 2.73. The molecule has 0 atom stereocenters. The zero-order chi connectivity index (χ0) is 12.1. The van der Waals surface area contributed by atoms with Crippen molar-refractivity contribution in [2.75, 3.05) is 12.4 Å². The summed E-state index contributed by atoms with van der Waals surface area (Å²) >= 11 is 10.9. The Morgan fingerprint density at radius 1 is 1.44 bits per heavy atom. The molecule has 1 aromatic carbocycles. The molecule has 0 heterocycles. The van der Waals surface area contributed by atoms with Gasteiger partial charge in [-0.15, -0.1) is 0 Å². The third kappa shape index (κ3) is 3.36. The molecule has 0 saturated heterocycles. The van der Waals surface area contributed by atoms with Crippen LogP contribution in [-0.2, 0) is 0 Å². The number of hydrogen-bond donors (Lipinski definition) is 4. The van der Waals surface area contributed by atoms with Crippen molar-refractivity contribution in [1.82, 2.24) is 10.6 Å². The number of hydrogen-bond acceptors (Lipinski definition) is 2. The minimum absolute atomic E-state index is 0.0792. The van der Waals surface area contributed by atoms with Crippen LogP contribution in [-0.4, -0.2) is 18.1 Å². The fourth-order valence-electron chi connectivity index (χ4n) is 1.12. The summed E-state index contributed by atoms with van der Waals surface area (Å²) in [5.74, 6) is 0.0792. The number of anilines is 1. The number of para-hydroxylation sites is 1. The fraction of sp³-hybridized carbons (Fsp3) is 0.200. The van der Waals surface area contributed by atoms with Crippen molar-refractivity contribution in [2.24, 2.45) is 0 Å². The maximum absolute atomic E-state index is 7.64. The molecule has 0 aliphatic carbocycles. The number of nitrogens with one attached hydrogen (secondary N) is 4. The van der Waals surface area contributed by atoms with Gasteiger partial charge in [-0.05, 0) is 30.8 Å². The van der Waals surface area contributed by atoms with Gasteiger partial charge in [0.15, 0.2) is 11.1 Å². The first-order chi connectivity index (χ1) is 7.54. The zero-order valence-corrected chi connectivity index (χ0v) is 10.6. The van der Waals surface area contributed by atoms with Crippen LogP contribution >= 0.6 is 23.8 Å². The van der Waals surface area contributed by atoms with E-state index >= 15 is 0 Å². The normalized spacial score (nSPS) is 9.44. The Morgan fingerprint density at radius 2 is 2.12 bits per heavy atom. The van der Waals surface area contributed by atoms with Crippen LogP contribution in [0.5, 0.6) is 0 Å². The molecule has 0 aliphatic rings. The third-order valence-corrected chi connectivity index (χ3v) is 2.56. The van der Waals surface area contributed by atoms with Gasteiger partial charge in [-0.1, -0.05) is 23.7 Å². The molecule has 1 rings (SSSR count).